The van der Waals surface area contributed by atoms with Crippen molar-refractivity contribution >= 4 is 5.76 Å². The van der Waals surface area contributed by atoms with Crippen LogP contribution in [0.1, 0.15) is 16.7 Å². The van der Waals surface area contributed by atoms with Crippen LogP contribution in [0.3, 0.4) is 0 Å². The first-order valence-electron chi connectivity index (χ1n) is 6.92. The molecule has 1 heterocycles. The van der Waals surface area contributed by atoms with E-state index in [1.807, 2.05) is 0 Å². The molecule has 3 rings (SSSR count). The van der Waals surface area contributed by atoms with Gasteiger partial charge in [-0.1, -0.05) is 12.1 Å². The van der Waals surface area contributed by atoms with Crippen LogP contribution in [0.4, 0.5) is 0 Å². The van der Waals surface area contributed by atoms with Gasteiger partial charge < -0.3 is 30.6 Å². The smallest absolute Gasteiger partial charge is 0.258 e. The van der Waals surface area contributed by atoms with Gasteiger partial charge in [-0.25, -0.2) is 0 Å². The molecule has 7 N–H and O–H groups in total. The van der Waals surface area contributed by atoms with E-state index in [0.29, 0.717) is 5.56 Å². The monoisotopic (exact) mass is 333 g/mol. The van der Waals surface area contributed by atoms with Crippen molar-refractivity contribution in [1.29, 1.82) is 0 Å². The molecule has 0 amide bonds. The van der Waals surface area contributed by atoms with Crippen molar-refractivity contribution in [3.8, 4) is 17.2 Å². The molecule has 0 bridgehead atoms. The first-order chi connectivity index (χ1) is 11.2. The standard InChI is InChI=1S/C16H15NO7/c18-9-3-1-8(2-4-9)7-16(23)11-6-13(20)12(19)5-10(11)14(21)15(22)17(16)24/h1-6,18-24H,7H2. The minimum atomic E-state index is -2.23. The summed E-state index contributed by atoms with van der Waals surface area (Å²) in [5.41, 5.74) is -2.01. The normalized spacial score (nSPS) is 20.2. The van der Waals surface area contributed by atoms with Crippen molar-refractivity contribution in [3.05, 3.63) is 59.0 Å². The van der Waals surface area contributed by atoms with Gasteiger partial charge in [-0.05, 0) is 29.8 Å². The Labute approximate surface area is 136 Å². The summed E-state index contributed by atoms with van der Waals surface area (Å²) in [6, 6.07) is 7.70. The fourth-order valence-electron chi connectivity index (χ4n) is 2.68. The highest BCUT2D eigenvalue weighted by atomic mass is 16.6. The number of aromatic hydroxyl groups is 3. The summed E-state index contributed by atoms with van der Waals surface area (Å²) in [7, 11) is 0. The highest BCUT2D eigenvalue weighted by molar-refractivity contribution is 5.69. The average Bonchev–Trinajstić information content (AvgIpc) is 2.55. The third-order valence-electron chi connectivity index (χ3n) is 3.95. The zero-order valence-corrected chi connectivity index (χ0v) is 12.2. The molecule has 0 saturated carbocycles. The van der Waals surface area contributed by atoms with Crippen LogP contribution in [-0.2, 0) is 12.1 Å². The van der Waals surface area contributed by atoms with Crippen molar-refractivity contribution in [2.45, 2.75) is 12.1 Å². The number of hydrogen-bond acceptors (Lipinski definition) is 8. The lowest BCUT2D eigenvalue weighted by Crippen LogP contribution is -2.48. The van der Waals surface area contributed by atoms with Crippen LogP contribution in [0.5, 0.6) is 17.2 Å². The summed E-state index contributed by atoms with van der Waals surface area (Å²) in [5, 5.41) is 69.5. The summed E-state index contributed by atoms with van der Waals surface area (Å²) in [5.74, 6) is -2.89. The summed E-state index contributed by atoms with van der Waals surface area (Å²) in [6.45, 7) is 0. The Morgan fingerprint density at radius 3 is 2.08 bits per heavy atom. The fourth-order valence-corrected chi connectivity index (χ4v) is 2.68. The molecule has 1 aliphatic rings. The van der Waals surface area contributed by atoms with Crippen LogP contribution >= 0.6 is 0 Å². The largest absolute Gasteiger partial charge is 0.508 e. The van der Waals surface area contributed by atoms with E-state index in [1.54, 1.807) is 0 Å². The van der Waals surface area contributed by atoms with E-state index in [4.69, 9.17) is 0 Å². The molecular formula is C16H15NO7. The van der Waals surface area contributed by atoms with Crippen molar-refractivity contribution in [2.24, 2.45) is 0 Å². The van der Waals surface area contributed by atoms with Crippen LogP contribution in [0.15, 0.2) is 42.3 Å². The summed E-state index contributed by atoms with van der Waals surface area (Å²) < 4.78 is 0. The van der Waals surface area contributed by atoms with Crippen LogP contribution in [-0.4, -0.2) is 40.9 Å². The molecule has 1 unspecified atom stereocenters. The summed E-state index contributed by atoms with van der Waals surface area (Å²) >= 11 is 0. The van der Waals surface area contributed by atoms with Gasteiger partial charge in [0.25, 0.3) is 5.88 Å². The van der Waals surface area contributed by atoms with Crippen LogP contribution in [0.25, 0.3) is 5.76 Å². The molecule has 2 aromatic rings. The molecule has 1 atom stereocenters. The molecule has 0 saturated heterocycles. The van der Waals surface area contributed by atoms with Crippen LogP contribution < -0.4 is 0 Å². The van der Waals surface area contributed by atoms with Gasteiger partial charge >= 0.3 is 0 Å². The number of rotatable bonds is 2. The Morgan fingerprint density at radius 2 is 1.46 bits per heavy atom. The maximum Gasteiger partial charge on any atom is 0.258 e. The number of hydrogen-bond donors (Lipinski definition) is 7. The van der Waals surface area contributed by atoms with Gasteiger partial charge in [-0.2, -0.15) is 5.06 Å². The molecular weight excluding hydrogens is 318 g/mol. The maximum absolute atomic E-state index is 10.9. The number of hydroxylamine groups is 2. The number of aliphatic hydroxyl groups excluding tert-OH is 2. The third kappa shape index (κ3) is 2.25. The minimum absolute atomic E-state index is 0.0126. The first-order valence-corrected chi connectivity index (χ1v) is 6.92. The Kier molecular flexibility index (Phi) is 3.43. The lowest BCUT2D eigenvalue weighted by Gasteiger charge is -2.40. The predicted molar refractivity (Wildman–Crippen MR) is 81.3 cm³/mol. The molecule has 8 heteroatoms. The molecule has 1 aliphatic heterocycles. The quantitative estimate of drug-likeness (QED) is 0.411. The molecule has 0 aromatic heterocycles. The third-order valence-corrected chi connectivity index (χ3v) is 3.95. The lowest BCUT2D eigenvalue weighted by molar-refractivity contribution is -0.267. The highest BCUT2D eigenvalue weighted by Crippen LogP contribution is 2.44. The number of aliphatic hydroxyl groups is 3. The Balaban J connectivity index is 2.17. The van der Waals surface area contributed by atoms with E-state index in [1.165, 1.54) is 24.3 Å². The second-order valence-electron chi connectivity index (χ2n) is 5.53. The van der Waals surface area contributed by atoms with Gasteiger partial charge in [-0.3, -0.25) is 5.21 Å². The van der Waals surface area contributed by atoms with Crippen LogP contribution in [0.2, 0.25) is 0 Å². The van der Waals surface area contributed by atoms with Gasteiger partial charge in [0, 0.05) is 17.5 Å². The van der Waals surface area contributed by atoms with Gasteiger partial charge in [-0.15, -0.1) is 0 Å². The molecule has 126 valence electrons. The van der Waals surface area contributed by atoms with E-state index in [-0.39, 0.29) is 28.4 Å². The zero-order valence-electron chi connectivity index (χ0n) is 12.2. The SMILES string of the molecule is OC1=C(O)N(O)C(O)(Cc2ccc(O)cc2)c2cc(O)c(O)cc21. The van der Waals surface area contributed by atoms with E-state index in [0.717, 1.165) is 12.1 Å². The lowest BCUT2D eigenvalue weighted by atomic mass is 9.87. The summed E-state index contributed by atoms with van der Waals surface area (Å²) in [4.78, 5) is 0. The molecule has 0 fully saturated rings. The molecule has 24 heavy (non-hydrogen) atoms. The average molecular weight is 333 g/mol. The first kappa shape index (κ1) is 15.8. The Morgan fingerprint density at radius 1 is 0.875 bits per heavy atom. The van der Waals surface area contributed by atoms with E-state index >= 15 is 0 Å². The number of nitrogens with zero attached hydrogens (tertiary/aromatic N) is 1. The highest BCUT2D eigenvalue weighted by Gasteiger charge is 2.46. The molecule has 8 nitrogen and oxygen atoms in total. The maximum atomic E-state index is 10.9. The topological polar surface area (TPSA) is 145 Å². The van der Waals surface area contributed by atoms with Gasteiger partial charge in [0.2, 0.25) is 0 Å². The number of fused-ring (bicyclic) bond motifs is 1. The van der Waals surface area contributed by atoms with E-state index in [9.17, 15) is 35.8 Å². The number of phenolic OH excluding ortho intramolecular Hbond substituents is 3. The van der Waals surface area contributed by atoms with Gasteiger partial charge in [0.05, 0.1) is 0 Å². The second kappa shape index (κ2) is 5.22. The number of benzene rings is 2. The van der Waals surface area contributed by atoms with Crippen molar-refractivity contribution in [1.82, 2.24) is 5.06 Å². The molecule has 0 aliphatic carbocycles. The summed E-state index contributed by atoms with van der Waals surface area (Å²) in [6.07, 6.45) is -0.252. The van der Waals surface area contributed by atoms with Gasteiger partial charge in [0.1, 0.15) is 5.75 Å². The van der Waals surface area contributed by atoms with Crippen LogP contribution in [0, 0.1) is 0 Å². The predicted octanol–water partition coefficient (Wildman–Crippen LogP) is 1.64. The Bertz CT molecular complexity index is 831. The molecule has 0 spiro atoms. The minimum Gasteiger partial charge on any atom is -0.508 e. The van der Waals surface area contributed by atoms with Gasteiger partial charge in [0.15, 0.2) is 23.0 Å². The second-order valence-corrected chi connectivity index (χ2v) is 5.53. The Hall–Kier alpha value is -3.10. The van der Waals surface area contributed by atoms with Crippen molar-refractivity contribution in [2.75, 3.05) is 0 Å². The van der Waals surface area contributed by atoms with E-state index in [2.05, 4.69) is 0 Å². The molecule has 0 radical (unpaired) electrons. The number of phenols is 3. The van der Waals surface area contributed by atoms with Crippen molar-refractivity contribution < 1.29 is 35.8 Å². The molecule has 2 aromatic carbocycles. The fraction of sp³-hybridized carbons (Fsp3) is 0.125. The van der Waals surface area contributed by atoms with E-state index < -0.39 is 28.9 Å². The zero-order chi connectivity index (χ0) is 17.6. The van der Waals surface area contributed by atoms with Crippen molar-refractivity contribution in [3.63, 3.8) is 0 Å².